The number of aliphatic hydroxyl groups excluding tert-OH is 1. The molecule has 134 valence electrons. The van der Waals surface area contributed by atoms with E-state index >= 15 is 0 Å². The highest BCUT2D eigenvalue weighted by Crippen LogP contribution is 2.29. The molecule has 24 heavy (non-hydrogen) atoms. The van der Waals surface area contributed by atoms with Crippen LogP contribution in [0.2, 0.25) is 0 Å². The average Bonchev–Trinajstić information content (AvgIpc) is 2.61. The van der Waals surface area contributed by atoms with Gasteiger partial charge in [-0.05, 0) is 25.3 Å². The number of β-amino-alcohol motifs (C(OH)–C–C–N with tert-alkyl or cyclic N) is 1. The van der Waals surface area contributed by atoms with Gasteiger partial charge in [0.25, 0.3) is 0 Å². The summed E-state index contributed by atoms with van der Waals surface area (Å²) in [4.78, 5) is 12.7. The Kier molecular flexibility index (Phi) is 7.18. The van der Waals surface area contributed by atoms with Crippen molar-refractivity contribution < 1.29 is 14.3 Å². The number of rotatable bonds is 8. The van der Waals surface area contributed by atoms with Crippen molar-refractivity contribution in [1.29, 1.82) is 0 Å². The summed E-state index contributed by atoms with van der Waals surface area (Å²) >= 11 is 0. The maximum atomic E-state index is 13.8. The highest BCUT2D eigenvalue weighted by Gasteiger charge is 2.39. The van der Waals surface area contributed by atoms with Crippen LogP contribution in [0.1, 0.15) is 63.5 Å². The van der Waals surface area contributed by atoms with Gasteiger partial charge in [0.15, 0.2) is 0 Å². The fraction of sp³-hybridized carbons (Fsp3) is 0.632. The minimum Gasteiger partial charge on any atom is -0.387 e. The fourth-order valence-corrected chi connectivity index (χ4v) is 3.33. The SMILES string of the molecule is CCCCNC(=O)C1(NCC(O)c2ccccc2F)CCCCC1. The molecular formula is C19H29FN2O2. The lowest BCUT2D eigenvalue weighted by Crippen LogP contribution is -2.58. The molecular weight excluding hydrogens is 307 g/mol. The van der Waals surface area contributed by atoms with Crippen LogP contribution in [0.4, 0.5) is 4.39 Å². The van der Waals surface area contributed by atoms with E-state index in [1.54, 1.807) is 18.2 Å². The van der Waals surface area contributed by atoms with Crippen molar-refractivity contribution in [2.75, 3.05) is 13.1 Å². The average molecular weight is 336 g/mol. The summed E-state index contributed by atoms with van der Waals surface area (Å²) in [7, 11) is 0. The number of carbonyl (C=O) groups excluding carboxylic acids is 1. The lowest BCUT2D eigenvalue weighted by Gasteiger charge is -2.37. The third-order valence-corrected chi connectivity index (χ3v) is 4.86. The van der Waals surface area contributed by atoms with Gasteiger partial charge in [-0.2, -0.15) is 0 Å². The molecule has 1 fully saturated rings. The van der Waals surface area contributed by atoms with Crippen molar-refractivity contribution in [2.45, 2.75) is 63.5 Å². The summed E-state index contributed by atoms with van der Waals surface area (Å²) in [6.45, 7) is 2.93. The molecule has 1 aromatic carbocycles. The third kappa shape index (κ3) is 4.77. The number of nitrogens with one attached hydrogen (secondary N) is 2. The monoisotopic (exact) mass is 336 g/mol. The highest BCUT2D eigenvalue weighted by molar-refractivity contribution is 5.86. The van der Waals surface area contributed by atoms with Crippen LogP contribution >= 0.6 is 0 Å². The number of hydrogen-bond donors (Lipinski definition) is 3. The maximum absolute atomic E-state index is 13.8. The largest absolute Gasteiger partial charge is 0.387 e. The fourth-order valence-electron chi connectivity index (χ4n) is 3.33. The first-order valence-corrected chi connectivity index (χ1v) is 9.05. The zero-order valence-electron chi connectivity index (χ0n) is 14.5. The van der Waals surface area contributed by atoms with E-state index in [1.807, 2.05) is 0 Å². The van der Waals surface area contributed by atoms with Gasteiger partial charge in [-0.25, -0.2) is 4.39 Å². The van der Waals surface area contributed by atoms with Crippen molar-refractivity contribution in [2.24, 2.45) is 0 Å². The minimum absolute atomic E-state index is 0.0105. The van der Waals surface area contributed by atoms with E-state index in [1.165, 1.54) is 6.07 Å². The maximum Gasteiger partial charge on any atom is 0.240 e. The molecule has 1 aliphatic rings. The molecule has 5 heteroatoms. The number of hydrogen-bond acceptors (Lipinski definition) is 3. The van der Waals surface area contributed by atoms with Gasteiger partial charge in [-0.3, -0.25) is 4.79 Å². The first-order chi connectivity index (χ1) is 11.6. The molecule has 0 aromatic heterocycles. The summed E-state index contributed by atoms with van der Waals surface area (Å²) in [6.07, 6.45) is 5.65. The number of halogens is 1. The summed E-state index contributed by atoms with van der Waals surface area (Å²) < 4.78 is 13.8. The Bertz CT molecular complexity index is 530. The van der Waals surface area contributed by atoms with Crippen molar-refractivity contribution in [3.63, 3.8) is 0 Å². The molecule has 0 spiro atoms. The van der Waals surface area contributed by atoms with Gasteiger partial charge in [0.1, 0.15) is 5.82 Å². The second-order valence-electron chi connectivity index (χ2n) is 6.67. The van der Waals surface area contributed by atoms with Crippen LogP contribution in [0.15, 0.2) is 24.3 Å². The molecule has 1 aromatic rings. The number of carbonyl (C=O) groups is 1. The Labute approximate surface area is 143 Å². The molecule has 0 heterocycles. The highest BCUT2D eigenvalue weighted by atomic mass is 19.1. The van der Waals surface area contributed by atoms with Crippen LogP contribution in [0.25, 0.3) is 0 Å². The summed E-state index contributed by atoms with van der Waals surface area (Å²) in [6, 6.07) is 6.22. The quantitative estimate of drug-likeness (QED) is 0.639. The molecule has 1 saturated carbocycles. The third-order valence-electron chi connectivity index (χ3n) is 4.86. The normalized spacial score (nSPS) is 18.1. The Hall–Kier alpha value is -1.46. The van der Waals surface area contributed by atoms with Gasteiger partial charge in [0.05, 0.1) is 11.6 Å². The summed E-state index contributed by atoms with van der Waals surface area (Å²) in [5.41, 5.74) is -0.375. The van der Waals surface area contributed by atoms with E-state index in [9.17, 15) is 14.3 Å². The van der Waals surface area contributed by atoms with Crippen LogP contribution < -0.4 is 10.6 Å². The molecule has 2 rings (SSSR count). The lowest BCUT2D eigenvalue weighted by molar-refractivity contribution is -0.129. The molecule has 1 amide bonds. The van der Waals surface area contributed by atoms with Gasteiger partial charge >= 0.3 is 0 Å². The molecule has 1 unspecified atom stereocenters. The minimum atomic E-state index is -0.964. The van der Waals surface area contributed by atoms with E-state index in [0.29, 0.717) is 6.54 Å². The van der Waals surface area contributed by atoms with Crippen LogP contribution in [-0.4, -0.2) is 29.6 Å². The lowest BCUT2D eigenvalue weighted by atomic mass is 9.80. The molecule has 1 aliphatic carbocycles. The second kappa shape index (κ2) is 9.14. The van der Waals surface area contributed by atoms with Gasteiger partial charge in [0, 0.05) is 18.7 Å². The van der Waals surface area contributed by atoms with E-state index in [-0.39, 0.29) is 18.0 Å². The summed E-state index contributed by atoms with van der Waals surface area (Å²) in [5.74, 6) is -0.409. The standard InChI is InChI=1S/C19H29FN2O2/c1-2-3-13-21-18(24)19(11-7-4-8-12-19)22-14-17(23)15-9-5-6-10-16(15)20/h5-6,9-10,17,22-23H,2-4,7-8,11-14H2,1H3,(H,21,24). The first kappa shape index (κ1) is 18.9. The Morgan fingerprint density at radius 3 is 2.67 bits per heavy atom. The topological polar surface area (TPSA) is 61.4 Å². The van der Waals surface area contributed by atoms with E-state index < -0.39 is 17.5 Å². The Balaban J connectivity index is 2.00. The van der Waals surface area contributed by atoms with Crippen LogP contribution in [0, 0.1) is 5.82 Å². The molecule has 0 aliphatic heterocycles. The van der Waals surface area contributed by atoms with Crippen molar-refractivity contribution in [3.8, 4) is 0 Å². The molecule has 3 N–H and O–H groups in total. The number of aliphatic hydroxyl groups is 1. The van der Waals surface area contributed by atoms with Crippen LogP contribution in [-0.2, 0) is 4.79 Å². The van der Waals surface area contributed by atoms with E-state index in [0.717, 1.165) is 44.9 Å². The van der Waals surface area contributed by atoms with E-state index in [2.05, 4.69) is 17.6 Å². The van der Waals surface area contributed by atoms with Gasteiger partial charge in [0.2, 0.25) is 5.91 Å². The Morgan fingerprint density at radius 1 is 1.29 bits per heavy atom. The molecule has 1 atom stereocenters. The zero-order valence-corrected chi connectivity index (χ0v) is 14.5. The Morgan fingerprint density at radius 2 is 2.00 bits per heavy atom. The van der Waals surface area contributed by atoms with Gasteiger partial charge in [-0.15, -0.1) is 0 Å². The number of amides is 1. The van der Waals surface area contributed by atoms with Crippen molar-refractivity contribution in [1.82, 2.24) is 10.6 Å². The summed E-state index contributed by atoms with van der Waals surface area (Å²) in [5, 5.41) is 16.6. The molecule has 0 bridgehead atoms. The van der Waals surface area contributed by atoms with E-state index in [4.69, 9.17) is 0 Å². The molecule has 0 saturated heterocycles. The first-order valence-electron chi connectivity index (χ1n) is 9.05. The predicted molar refractivity (Wildman–Crippen MR) is 93.1 cm³/mol. The van der Waals surface area contributed by atoms with Crippen molar-refractivity contribution >= 4 is 5.91 Å². The van der Waals surface area contributed by atoms with Crippen LogP contribution in [0.3, 0.4) is 0 Å². The second-order valence-corrected chi connectivity index (χ2v) is 6.67. The zero-order chi connectivity index (χ0) is 17.4. The van der Waals surface area contributed by atoms with Crippen LogP contribution in [0.5, 0.6) is 0 Å². The molecule has 0 radical (unpaired) electrons. The molecule has 4 nitrogen and oxygen atoms in total. The number of benzene rings is 1. The van der Waals surface area contributed by atoms with Gasteiger partial charge < -0.3 is 15.7 Å². The predicted octanol–water partition coefficient (Wildman–Crippen LogP) is 3.07. The van der Waals surface area contributed by atoms with Crippen molar-refractivity contribution in [3.05, 3.63) is 35.6 Å². The smallest absolute Gasteiger partial charge is 0.240 e. The number of unbranched alkanes of at least 4 members (excludes halogenated alkanes) is 1. The van der Waals surface area contributed by atoms with Gasteiger partial charge in [-0.1, -0.05) is 50.8 Å².